The molecule has 0 bridgehead atoms. The van der Waals surface area contributed by atoms with Crippen molar-refractivity contribution in [3.63, 3.8) is 0 Å². The zero-order valence-corrected chi connectivity index (χ0v) is 24.3. The van der Waals surface area contributed by atoms with E-state index in [-0.39, 0.29) is 48.8 Å². The smallest absolute Gasteiger partial charge is 0.243 e. The number of carbonyl (C=O) groups excluding carboxylic acids is 5. The Morgan fingerprint density at radius 2 is 1.95 bits per heavy atom. The summed E-state index contributed by atoms with van der Waals surface area (Å²) in [5.74, 6) is -2.81. The fourth-order valence-corrected chi connectivity index (χ4v) is 5.84. The molecule has 0 saturated carbocycles. The Bertz CT molecular complexity index is 1290. The molecule has 222 valence electrons. The topological polar surface area (TPSA) is 162 Å². The van der Waals surface area contributed by atoms with Gasteiger partial charge in [-0.15, -0.1) is 5.10 Å². The maximum Gasteiger partial charge on any atom is 0.243 e. The number of hydrogen-bond acceptors (Lipinski definition) is 7. The Morgan fingerprint density at radius 3 is 2.61 bits per heavy atom. The van der Waals surface area contributed by atoms with Gasteiger partial charge in [-0.05, 0) is 30.4 Å². The second-order valence-electron chi connectivity index (χ2n) is 11.4. The molecular formula is C28H40N8O5. The molecule has 4 amide bonds. The SMILES string of the molecule is CCC(C)C(C(=O)N[C@H]1CCc2ccn3c2C1C(=O)C[C@H](C(=O)NCc1c[nH]nn1)C3)N(C)C(=O)CC(=O)N(C)C. The molecule has 0 radical (unpaired) electrons. The molecule has 0 fully saturated rings. The number of aromatic nitrogens is 4. The first kappa shape index (κ1) is 29.9. The van der Waals surface area contributed by atoms with E-state index in [1.165, 1.54) is 9.80 Å². The Labute approximate surface area is 239 Å². The number of nitrogens with one attached hydrogen (secondary N) is 3. The molecule has 0 aromatic carbocycles. The first-order chi connectivity index (χ1) is 19.5. The molecule has 2 aromatic rings. The van der Waals surface area contributed by atoms with E-state index in [1.807, 2.05) is 30.7 Å². The normalized spacial score (nSPS) is 21.2. The Hall–Kier alpha value is -4.03. The van der Waals surface area contributed by atoms with Crippen LogP contribution in [0.3, 0.4) is 0 Å². The molecule has 13 heteroatoms. The quantitative estimate of drug-likeness (QED) is 0.349. The summed E-state index contributed by atoms with van der Waals surface area (Å²) in [6.07, 6.45) is 5.11. The third kappa shape index (κ3) is 6.49. The zero-order chi connectivity index (χ0) is 29.8. The van der Waals surface area contributed by atoms with Crippen molar-refractivity contribution in [1.82, 2.24) is 40.4 Å². The van der Waals surface area contributed by atoms with Gasteiger partial charge in [-0.3, -0.25) is 29.1 Å². The second kappa shape index (κ2) is 12.6. The third-order valence-corrected chi connectivity index (χ3v) is 8.40. The lowest BCUT2D eigenvalue weighted by Crippen LogP contribution is -2.55. The van der Waals surface area contributed by atoms with Gasteiger partial charge < -0.3 is 25.0 Å². The van der Waals surface area contributed by atoms with Crippen LogP contribution in [-0.4, -0.2) is 92.4 Å². The Kier molecular flexibility index (Phi) is 9.24. The summed E-state index contributed by atoms with van der Waals surface area (Å²) in [7, 11) is 4.71. The predicted octanol–water partition coefficient (Wildman–Crippen LogP) is 0.378. The van der Waals surface area contributed by atoms with Crippen molar-refractivity contribution < 1.29 is 24.0 Å². The molecule has 0 saturated heterocycles. The van der Waals surface area contributed by atoms with Crippen molar-refractivity contribution in [1.29, 1.82) is 0 Å². The molecule has 3 unspecified atom stereocenters. The van der Waals surface area contributed by atoms with Crippen LogP contribution in [0.15, 0.2) is 18.5 Å². The van der Waals surface area contributed by atoms with Crippen molar-refractivity contribution in [2.45, 2.75) is 77.0 Å². The number of carbonyl (C=O) groups is 5. The number of aromatic amines is 1. The van der Waals surface area contributed by atoms with Gasteiger partial charge in [0.25, 0.3) is 0 Å². The fraction of sp³-hybridized carbons (Fsp3) is 0.607. The highest BCUT2D eigenvalue weighted by Crippen LogP contribution is 2.38. The van der Waals surface area contributed by atoms with Crippen LogP contribution in [0, 0.1) is 11.8 Å². The van der Waals surface area contributed by atoms with Gasteiger partial charge in [0.2, 0.25) is 23.6 Å². The average molecular weight is 569 g/mol. The number of Topliss-reactive ketones (excluding diaryl/α,β-unsaturated/α-hetero) is 1. The molecule has 4 rings (SSSR count). The number of rotatable bonds is 10. The highest BCUT2D eigenvalue weighted by molar-refractivity contribution is 5.99. The van der Waals surface area contributed by atoms with Crippen LogP contribution in [0.4, 0.5) is 0 Å². The van der Waals surface area contributed by atoms with Crippen molar-refractivity contribution >= 4 is 29.4 Å². The molecule has 5 atom stereocenters. The predicted molar refractivity (Wildman–Crippen MR) is 148 cm³/mol. The van der Waals surface area contributed by atoms with Crippen molar-refractivity contribution in [3.05, 3.63) is 35.4 Å². The number of nitrogens with zero attached hydrogens (tertiary/aromatic N) is 5. The van der Waals surface area contributed by atoms with Gasteiger partial charge in [-0.25, -0.2) is 0 Å². The molecule has 13 nitrogen and oxygen atoms in total. The molecule has 41 heavy (non-hydrogen) atoms. The summed E-state index contributed by atoms with van der Waals surface area (Å²) in [6, 6.07) is 0.706. The summed E-state index contributed by atoms with van der Waals surface area (Å²) >= 11 is 0. The number of hydrogen-bond donors (Lipinski definition) is 3. The van der Waals surface area contributed by atoms with E-state index < -0.39 is 29.8 Å². The number of amides is 4. The van der Waals surface area contributed by atoms with Gasteiger partial charge in [0.1, 0.15) is 23.9 Å². The number of H-pyrrole nitrogens is 1. The van der Waals surface area contributed by atoms with E-state index in [2.05, 4.69) is 26.0 Å². The molecule has 3 N–H and O–H groups in total. The molecule has 0 spiro atoms. The summed E-state index contributed by atoms with van der Waals surface area (Å²) < 4.78 is 1.97. The number of ketones is 1. The maximum absolute atomic E-state index is 13.8. The average Bonchev–Trinajstić information content (AvgIpc) is 3.58. The van der Waals surface area contributed by atoms with Gasteiger partial charge >= 0.3 is 0 Å². The van der Waals surface area contributed by atoms with Crippen LogP contribution >= 0.6 is 0 Å². The standard InChI is InChI=1S/C28H40N8O5/c1-6-16(2)25(35(5)23(39)12-22(38)34(3)4)28(41)31-20-8-7-17-9-10-36-15-18(11-21(37)24(20)26(17)36)27(40)29-13-19-14-30-33-32-19/h9-10,14,16,18,20,24-25H,6-8,11-13,15H2,1-5H3,(H,29,40)(H,31,41)(H,30,32,33)/t16?,18-,20-,24?,25?/m0/s1. The summed E-state index contributed by atoms with van der Waals surface area (Å²) in [5, 5.41) is 16.1. The molecule has 2 aromatic heterocycles. The summed E-state index contributed by atoms with van der Waals surface area (Å²) in [4.78, 5) is 68.4. The monoisotopic (exact) mass is 568 g/mol. The van der Waals surface area contributed by atoms with Gasteiger partial charge in [0.15, 0.2) is 0 Å². The van der Waals surface area contributed by atoms with Gasteiger partial charge in [-0.1, -0.05) is 25.5 Å². The van der Waals surface area contributed by atoms with Gasteiger partial charge in [0.05, 0.1) is 18.4 Å². The molecular weight excluding hydrogens is 528 g/mol. The van der Waals surface area contributed by atoms with Crippen molar-refractivity contribution in [2.24, 2.45) is 11.8 Å². The van der Waals surface area contributed by atoms with E-state index in [0.29, 0.717) is 31.5 Å². The molecule has 1 aliphatic heterocycles. The zero-order valence-electron chi connectivity index (χ0n) is 24.3. The van der Waals surface area contributed by atoms with Crippen LogP contribution in [0.5, 0.6) is 0 Å². The minimum Gasteiger partial charge on any atom is -0.350 e. The number of likely N-dealkylation sites (N-methyl/N-ethyl adjacent to an activating group) is 1. The van der Waals surface area contributed by atoms with Crippen LogP contribution in [-0.2, 0) is 43.5 Å². The highest BCUT2D eigenvalue weighted by Gasteiger charge is 2.43. The number of aryl methyl sites for hydroxylation is 1. The largest absolute Gasteiger partial charge is 0.350 e. The minimum atomic E-state index is -0.799. The van der Waals surface area contributed by atoms with E-state index in [4.69, 9.17) is 0 Å². The maximum atomic E-state index is 13.8. The lowest BCUT2D eigenvalue weighted by Gasteiger charge is -2.36. The van der Waals surface area contributed by atoms with E-state index >= 15 is 0 Å². The molecule has 3 heterocycles. The summed E-state index contributed by atoms with van der Waals surface area (Å²) in [5.41, 5.74) is 2.48. The minimum absolute atomic E-state index is 0.0443. The second-order valence-corrected chi connectivity index (χ2v) is 11.4. The van der Waals surface area contributed by atoms with Crippen molar-refractivity contribution in [3.8, 4) is 0 Å². The third-order valence-electron chi connectivity index (χ3n) is 8.40. The Balaban J connectivity index is 1.51. The Morgan fingerprint density at radius 1 is 1.20 bits per heavy atom. The lowest BCUT2D eigenvalue weighted by molar-refractivity contribution is -0.145. The highest BCUT2D eigenvalue weighted by atomic mass is 16.2. The van der Waals surface area contributed by atoms with Crippen LogP contribution in [0.1, 0.15) is 62.4 Å². The van der Waals surface area contributed by atoms with Crippen molar-refractivity contribution in [2.75, 3.05) is 21.1 Å². The lowest BCUT2D eigenvalue weighted by atomic mass is 9.79. The van der Waals surface area contributed by atoms with E-state index in [0.717, 1.165) is 11.3 Å². The van der Waals surface area contributed by atoms with Gasteiger partial charge in [-0.2, -0.15) is 0 Å². The van der Waals surface area contributed by atoms with Crippen LogP contribution < -0.4 is 10.6 Å². The fourth-order valence-electron chi connectivity index (χ4n) is 5.84. The summed E-state index contributed by atoms with van der Waals surface area (Å²) in [6.45, 7) is 4.40. The first-order valence-electron chi connectivity index (χ1n) is 14.1. The first-order valence-corrected chi connectivity index (χ1v) is 14.1. The van der Waals surface area contributed by atoms with Crippen LogP contribution in [0.2, 0.25) is 0 Å². The van der Waals surface area contributed by atoms with E-state index in [1.54, 1.807) is 27.3 Å². The van der Waals surface area contributed by atoms with E-state index in [9.17, 15) is 24.0 Å². The van der Waals surface area contributed by atoms with Gasteiger partial charge in [0, 0.05) is 58.2 Å². The molecule has 2 aliphatic rings. The molecule has 1 aliphatic carbocycles. The van der Waals surface area contributed by atoms with Crippen LogP contribution in [0.25, 0.3) is 0 Å².